The third kappa shape index (κ3) is 4.88. The first-order valence-electron chi connectivity index (χ1n) is 10.7. The number of aromatic nitrogens is 1. The Bertz CT molecular complexity index is 895. The fraction of sp³-hybridized carbons (Fsp3) is 0.478. The molecule has 1 aromatic heterocycles. The first kappa shape index (κ1) is 19.7. The fourth-order valence-corrected chi connectivity index (χ4v) is 4.30. The van der Waals surface area contributed by atoms with Crippen molar-refractivity contribution in [3.05, 3.63) is 42.1 Å². The summed E-state index contributed by atoms with van der Waals surface area (Å²) in [6, 6.07) is 8.28. The molecule has 0 aliphatic carbocycles. The molecule has 4 rings (SSSR count). The van der Waals surface area contributed by atoms with Gasteiger partial charge in [0.15, 0.2) is 0 Å². The summed E-state index contributed by atoms with van der Waals surface area (Å²) in [6.07, 6.45) is 8.12. The van der Waals surface area contributed by atoms with Crippen molar-refractivity contribution in [3.63, 3.8) is 0 Å². The fourth-order valence-electron chi connectivity index (χ4n) is 4.30. The Kier molecular flexibility index (Phi) is 6.30. The molecule has 1 fully saturated rings. The molecule has 0 atom stereocenters. The topological polar surface area (TPSA) is 68.4 Å². The van der Waals surface area contributed by atoms with Crippen molar-refractivity contribution in [2.45, 2.75) is 32.1 Å². The van der Waals surface area contributed by atoms with Crippen LogP contribution in [0.25, 0.3) is 16.5 Å². The van der Waals surface area contributed by atoms with Gasteiger partial charge in [0.2, 0.25) is 11.8 Å². The molecule has 6 heteroatoms. The number of carbonyl (C=O) groups is 2. The number of aromatic amines is 1. The minimum atomic E-state index is -0.0235. The van der Waals surface area contributed by atoms with Crippen molar-refractivity contribution in [1.29, 1.82) is 0 Å². The van der Waals surface area contributed by atoms with Crippen molar-refractivity contribution in [2.75, 3.05) is 39.3 Å². The predicted molar refractivity (Wildman–Crippen MR) is 115 cm³/mol. The number of amides is 2. The minimum Gasteiger partial charge on any atom is -0.361 e. The van der Waals surface area contributed by atoms with Crippen LogP contribution < -0.4 is 5.32 Å². The van der Waals surface area contributed by atoms with Gasteiger partial charge >= 0.3 is 0 Å². The molecule has 29 heavy (non-hydrogen) atoms. The van der Waals surface area contributed by atoms with Gasteiger partial charge in [-0.2, -0.15) is 0 Å². The Morgan fingerprint density at radius 2 is 1.90 bits per heavy atom. The summed E-state index contributed by atoms with van der Waals surface area (Å²) in [5.41, 5.74) is 3.65. The molecule has 3 heterocycles. The third-order valence-corrected chi connectivity index (χ3v) is 6.01. The van der Waals surface area contributed by atoms with E-state index in [9.17, 15) is 9.59 Å². The molecule has 1 saturated heterocycles. The van der Waals surface area contributed by atoms with E-state index in [-0.39, 0.29) is 24.7 Å². The van der Waals surface area contributed by atoms with E-state index in [1.165, 1.54) is 29.4 Å². The molecule has 0 unspecified atom stereocenters. The number of likely N-dealkylation sites (tertiary alicyclic amines) is 1. The van der Waals surface area contributed by atoms with Gasteiger partial charge < -0.3 is 20.1 Å². The van der Waals surface area contributed by atoms with Gasteiger partial charge in [0, 0.05) is 61.7 Å². The average molecular weight is 395 g/mol. The van der Waals surface area contributed by atoms with E-state index in [2.05, 4.69) is 45.7 Å². The van der Waals surface area contributed by atoms with E-state index in [0.29, 0.717) is 19.6 Å². The van der Waals surface area contributed by atoms with Crippen LogP contribution >= 0.6 is 0 Å². The van der Waals surface area contributed by atoms with Crippen molar-refractivity contribution in [1.82, 2.24) is 20.1 Å². The summed E-state index contributed by atoms with van der Waals surface area (Å²) in [4.78, 5) is 32.1. The van der Waals surface area contributed by atoms with Gasteiger partial charge in [-0.25, -0.2) is 0 Å². The Labute approximate surface area is 171 Å². The lowest BCUT2D eigenvalue weighted by Crippen LogP contribution is -2.36. The van der Waals surface area contributed by atoms with Crippen LogP contribution in [-0.2, 0) is 9.59 Å². The average Bonchev–Trinajstić information content (AvgIpc) is 3.42. The second-order valence-corrected chi connectivity index (χ2v) is 7.97. The molecule has 2 aliphatic rings. The number of hydrogen-bond acceptors (Lipinski definition) is 3. The number of nitrogens with one attached hydrogen (secondary N) is 2. The van der Waals surface area contributed by atoms with Crippen LogP contribution in [0, 0.1) is 0 Å². The van der Waals surface area contributed by atoms with Crippen LogP contribution in [0.1, 0.15) is 37.7 Å². The highest BCUT2D eigenvalue weighted by atomic mass is 16.2. The maximum absolute atomic E-state index is 12.5. The number of nitrogens with zero attached hydrogens (tertiary/aromatic N) is 2. The molecule has 0 saturated carbocycles. The van der Waals surface area contributed by atoms with Crippen LogP contribution in [0.2, 0.25) is 0 Å². The van der Waals surface area contributed by atoms with Gasteiger partial charge in [-0.1, -0.05) is 24.3 Å². The lowest BCUT2D eigenvalue weighted by Gasteiger charge is -2.26. The lowest BCUT2D eigenvalue weighted by atomic mass is 9.98. The zero-order valence-corrected chi connectivity index (χ0v) is 17.0. The summed E-state index contributed by atoms with van der Waals surface area (Å²) < 4.78 is 0. The molecule has 2 N–H and O–H groups in total. The summed E-state index contributed by atoms with van der Waals surface area (Å²) >= 11 is 0. The standard InChI is InChI=1S/C23H30N4O2/c28-22(24-11-16-26-12-3-4-13-26)7-8-23(29)27-14-9-18(10-15-27)20-17-25-21-6-2-1-5-19(20)21/h1-2,5-6,9,17,25H,3-4,7-8,10-16H2,(H,24,28). The molecule has 2 aromatic rings. The molecule has 0 bridgehead atoms. The SMILES string of the molecule is O=C(CCC(=O)N1CC=C(c2c[nH]c3ccccc23)CC1)NCCN1CCCC1. The Balaban J connectivity index is 1.22. The van der Waals surface area contributed by atoms with Crippen molar-refractivity contribution < 1.29 is 9.59 Å². The number of benzene rings is 1. The first-order chi connectivity index (χ1) is 14.2. The van der Waals surface area contributed by atoms with Gasteiger partial charge in [0.05, 0.1) is 0 Å². The molecule has 1 aromatic carbocycles. The summed E-state index contributed by atoms with van der Waals surface area (Å²) in [6.45, 7) is 5.18. The zero-order chi connectivity index (χ0) is 20.1. The van der Waals surface area contributed by atoms with Gasteiger partial charge in [0.25, 0.3) is 0 Å². The highest BCUT2D eigenvalue weighted by Gasteiger charge is 2.20. The van der Waals surface area contributed by atoms with Crippen molar-refractivity contribution in [2.24, 2.45) is 0 Å². The highest BCUT2D eigenvalue weighted by Crippen LogP contribution is 2.29. The predicted octanol–water partition coefficient (Wildman–Crippen LogP) is 2.78. The largest absolute Gasteiger partial charge is 0.361 e. The molecular weight excluding hydrogens is 364 g/mol. The van der Waals surface area contributed by atoms with E-state index < -0.39 is 0 Å². The second-order valence-electron chi connectivity index (χ2n) is 7.97. The summed E-state index contributed by atoms with van der Waals surface area (Å²) in [5, 5.41) is 4.17. The lowest BCUT2D eigenvalue weighted by molar-refractivity contribution is -0.133. The number of hydrogen-bond donors (Lipinski definition) is 2. The summed E-state index contributed by atoms with van der Waals surface area (Å²) in [5.74, 6) is 0.0403. The van der Waals surface area contributed by atoms with E-state index in [0.717, 1.165) is 31.6 Å². The number of carbonyl (C=O) groups excluding carboxylic acids is 2. The van der Waals surface area contributed by atoms with Crippen LogP contribution in [0.3, 0.4) is 0 Å². The molecule has 154 valence electrons. The van der Waals surface area contributed by atoms with Gasteiger partial charge in [-0.05, 0) is 44.0 Å². The molecule has 6 nitrogen and oxygen atoms in total. The Hall–Kier alpha value is -2.60. The monoisotopic (exact) mass is 394 g/mol. The van der Waals surface area contributed by atoms with Gasteiger partial charge in [-0.15, -0.1) is 0 Å². The minimum absolute atomic E-state index is 0.0235. The van der Waals surface area contributed by atoms with Crippen LogP contribution in [0.5, 0.6) is 0 Å². The molecular formula is C23H30N4O2. The third-order valence-electron chi connectivity index (χ3n) is 6.01. The number of fused-ring (bicyclic) bond motifs is 1. The molecule has 2 aliphatic heterocycles. The van der Waals surface area contributed by atoms with Crippen molar-refractivity contribution >= 4 is 28.3 Å². The highest BCUT2D eigenvalue weighted by molar-refractivity contribution is 5.93. The van der Waals surface area contributed by atoms with Crippen LogP contribution in [0.4, 0.5) is 0 Å². The van der Waals surface area contributed by atoms with Gasteiger partial charge in [-0.3, -0.25) is 9.59 Å². The maximum atomic E-state index is 12.5. The van der Waals surface area contributed by atoms with Crippen LogP contribution in [-0.4, -0.2) is 65.9 Å². The van der Waals surface area contributed by atoms with E-state index in [1.54, 1.807) is 0 Å². The molecule has 2 amide bonds. The van der Waals surface area contributed by atoms with E-state index in [1.807, 2.05) is 11.0 Å². The first-order valence-corrected chi connectivity index (χ1v) is 10.7. The van der Waals surface area contributed by atoms with Crippen molar-refractivity contribution in [3.8, 4) is 0 Å². The Morgan fingerprint density at radius 1 is 1.07 bits per heavy atom. The van der Waals surface area contributed by atoms with Crippen LogP contribution in [0.15, 0.2) is 36.5 Å². The quantitative estimate of drug-likeness (QED) is 0.759. The van der Waals surface area contributed by atoms with E-state index in [4.69, 9.17) is 0 Å². The van der Waals surface area contributed by atoms with E-state index >= 15 is 0 Å². The Morgan fingerprint density at radius 3 is 2.69 bits per heavy atom. The molecule has 0 radical (unpaired) electrons. The number of H-pyrrole nitrogens is 1. The second kappa shape index (κ2) is 9.27. The number of rotatable bonds is 7. The van der Waals surface area contributed by atoms with Gasteiger partial charge in [0.1, 0.15) is 0 Å². The molecule has 0 spiro atoms. The maximum Gasteiger partial charge on any atom is 0.223 e. The normalized spacial score (nSPS) is 17.5. The summed E-state index contributed by atoms with van der Waals surface area (Å²) in [7, 11) is 0. The smallest absolute Gasteiger partial charge is 0.223 e. The zero-order valence-electron chi connectivity index (χ0n) is 17.0. The number of para-hydroxylation sites is 1.